The van der Waals surface area contributed by atoms with Gasteiger partial charge in [-0.15, -0.1) is 0 Å². The molecule has 128 valence electrons. The SMILES string of the molecule is NC(=O)c1ccc2n[nH]nc2c1N1CCC(Cc2ccccc2)CC1. The zero-order valence-electron chi connectivity index (χ0n) is 14.0. The zero-order valence-corrected chi connectivity index (χ0v) is 14.0. The molecule has 1 saturated heterocycles. The van der Waals surface area contributed by atoms with Crippen LogP contribution in [0.4, 0.5) is 5.69 Å². The molecule has 3 N–H and O–H groups in total. The zero-order chi connectivity index (χ0) is 17.2. The number of H-pyrrole nitrogens is 1. The summed E-state index contributed by atoms with van der Waals surface area (Å²) in [5.41, 5.74) is 9.78. The highest BCUT2D eigenvalue weighted by atomic mass is 16.1. The molecule has 1 amide bonds. The molecule has 1 fully saturated rings. The molecule has 0 spiro atoms. The predicted molar refractivity (Wildman–Crippen MR) is 97.5 cm³/mol. The number of nitrogens with one attached hydrogen (secondary N) is 1. The first-order chi connectivity index (χ1) is 12.2. The van der Waals surface area contributed by atoms with E-state index < -0.39 is 5.91 Å². The van der Waals surface area contributed by atoms with Gasteiger partial charge in [0.25, 0.3) is 5.91 Å². The number of hydrogen-bond acceptors (Lipinski definition) is 4. The molecule has 0 aliphatic carbocycles. The summed E-state index contributed by atoms with van der Waals surface area (Å²) in [5.74, 6) is 0.235. The predicted octanol–water partition coefficient (Wildman–Crippen LogP) is 2.52. The lowest BCUT2D eigenvalue weighted by molar-refractivity contribution is 0.100. The first-order valence-electron chi connectivity index (χ1n) is 8.64. The number of carbonyl (C=O) groups is 1. The van der Waals surface area contributed by atoms with Crippen LogP contribution in [0.15, 0.2) is 42.5 Å². The second-order valence-electron chi connectivity index (χ2n) is 6.64. The lowest BCUT2D eigenvalue weighted by atomic mass is 9.89. The number of rotatable bonds is 4. The van der Waals surface area contributed by atoms with Crippen LogP contribution in [-0.4, -0.2) is 34.4 Å². The van der Waals surface area contributed by atoms with Crippen molar-refractivity contribution < 1.29 is 4.79 Å². The molecule has 0 saturated carbocycles. The average molecular weight is 335 g/mol. The van der Waals surface area contributed by atoms with Gasteiger partial charge in [-0.05, 0) is 42.9 Å². The van der Waals surface area contributed by atoms with Gasteiger partial charge in [-0.1, -0.05) is 30.3 Å². The van der Waals surface area contributed by atoms with Crippen molar-refractivity contribution in [1.82, 2.24) is 15.4 Å². The van der Waals surface area contributed by atoms with Crippen molar-refractivity contribution in [3.05, 3.63) is 53.6 Å². The van der Waals surface area contributed by atoms with Crippen molar-refractivity contribution in [2.45, 2.75) is 19.3 Å². The van der Waals surface area contributed by atoms with E-state index in [4.69, 9.17) is 5.73 Å². The number of nitrogens with zero attached hydrogens (tertiary/aromatic N) is 3. The number of carbonyl (C=O) groups excluding carboxylic acids is 1. The normalized spacial score (nSPS) is 15.6. The molecular formula is C19H21N5O. The quantitative estimate of drug-likeness (QED) is 0.767. The minimum Gasteiger partial charge on any atom is -0.369 e. The van der Waals surface area contributed by atoms with Crippen LogP contribution in [0.5, 0.6) is 0 Å². The molecule has 0 unspecified atom stereocenters. The van der Waals surface area contributed by atoms with E-state index in [0.717, 1.165) is 49.1 Å². The molecule has 0 radical (unpaired) electrons. The van der Waals surface area contributed by atoms with E-state index in [1.165, 1.54) is 5.56 Å². The number of benzene rings is 2. The highest BCUT2D eigenvalue weighted by Gasteiger charge is 2.25. The molecule has 0 bridgehead atoms. The maximum atomic E-state index is 11.9. The molecule has 6 nitrogen and oxygen atoms in total. The minimum absolute atomic E-state index is 0.425. The summed E-state index contributed by atoms with van der Waals surface area (Å²) in [5, 5.41) is 11.0. The molecule has 2 heterocycles. The molecule has 0 atom stereocenters. The highest BCUT2D eigenvalue weighted by molar-refractivity contribution is 6.06. The number of aromatic nitrogens is 3. The molecule has 25 heavy (non-hydrogen) atoms. The van der Waals surface area contributed by atoms with Crippen LogP contribution in [0.2, 0.25) is 0 Å². The molecule has 1 aliphatic heterocycles. The maximum absolute atomic E-state index is 11.9. The van der Waals surface area contributed by atoms with Gasteiger partial charge in [0.1, 0.15) is 11.0 Å². The van der Waals surface area contributed by atoms with Crippen LogP contribution >= 0.6 is 0 Å². The summed E-state index contributed by atoms with van der Waals surface area (Å²) in [4.78, 5) is 14.1. The Labute approximate surface area is 146 Å². The number of anilines is 1. The topological polar surface area (TPSA) is 87.9 Å². The van der Waals surface area contributed by atoms with Crippen LogP contribution < -0.4 is 10.6 Å². The van der Waals surface area contributed by atoms with Crippen LogP contribution in [0.1, 0.15) is 28.8 Å². The smallest absolute Gasteiger partial charge is 0.250 e. The standard InChI is InChI=1S/C19H21N5O/c20-19(25)15-6-7-16-17(22-23-21-16)18(15)24-10-8-14(9-11-24)12-13-4-2-1-3-5-13/h1-7,14H,8-12H2,(H2,20,25)(H,21,22,23). The monoisotopic (exact) mass is 335 g/mol. The second-order valence-corrected chi connectivity index (χ2v) is 6.64. The van der Waals surface area contributed by atoms with Gasteiger partial charge in [-0.25, -0.2) is 0 Å². The van der Waals surface area contributed by atoms with Gasteiger partial charge in [0.2, 0.25) is 0 Å². The van der Waals surface area contributed by atoms with E-state index >= 15 is 0 Å². The average Bonchev–Trinajstić information content (AvgIpc) is 3.11. The number of amides is 1. The van der Waals surface area contributed by atoms with Crippen LogP contribution in [0, 0.1) is 5.92 Å². The van der Waals surface area contributed by atoms with Gasteiger partial charge in [0.15, 0.2) is 0 Å². The van der Waals surface area contributed by atoms with Crippen molar-refractivity contribution >= 4 is 22.6 Å². The Balaban J connectivity index is 1.54. The number of primary amides is 1. The number of fused-ring (bicyclic) bond motifs is 1. The fourth-order valence-electron chi connectivity index (χ4n) is 3.73. The van der Waals surface area contributed by atoms with Crippen LogP contribution in [-0.2, 0) is 6.42 Å². The molecule has 6 heteroatoms. The number of nitrogens with two attached hydrogens (primary N) is 1. The van der Waals surface area contributed by atoms with E-state index in [2.05, 4.69) is 50.6 Å². The molecule has 1 aliphatic rings. The number of piperidine rings is 1. The summed E-state index contributed by atoms with van der Waals surface area (Å²) >= 11 is 0. The summed E-state index contributed by atoms with van der Waals surface area (Å²) in [6.07, 6.45) is 3.27. The molecular weight excluding hydrogens is 314 g/mol. The van der Waals surface area contributed by atoms with E-state index in [-0.39, 0.29) is 0 Å². The Kier molecular flexibility index (Phi) is 4.09. The summed E-state index contributed by atoms with van der Waals surface area (Å²) in [7, 11) is 0. The third-order valence-corrected chi connectivity index (χ3v) is 5.03. The number of aromatic amines is 1. The summed E-state index contributed by atoms with van der Waals surface area (Å²) < 4.78 is 0. The lowest BCUT2D eigenvalue weighted by Gasteiger charge is -2.34. The second kappa shape index (κ2) is 6.55. The highest BCUT2D eigenvalue weighted by Crippen LogP contribution is 2.32. The van der Waals surface area contributed by atoms with Gasteiger partial charge in [-0.3, -0.25) is 4.79 Å². The van der Waals surface area contributed by atoms with E-state index in [1.807, 2.05) is 0 Å². The first kappa shape index (κ1) is 15.6. The van der Waals surface area contributed by atoms with Gasteiger partial charge in [0, 0.05) is 13.1 Å². The van der Waals surface area contributed by atoms with Gasteiger partial charge < -0.3 is 10.6 Å². The van der Waals surface area contributed by atoms with Crippen molar-refractivity contribution in [3.63, 3.8) is 0 Å². The van der Waals surface area contributed by atoms with Gasteiger partial charge >= 0.3 is 0 Å². The number of hydrogen-bond donors (Lipinski definition) is 2. The Bertz CT molecular complexity index is 881. The van der Waals surface area contributed by atoms with E-state index in [1.54, 1.807) is 12.1 Å². The fraction of sp³-hybridized carbons (Fsp3) is 0.316. The maximum Gasteiger partial charge on any atom is 0.250 e. The van der Waals surface area contributed by atoms with Crippen molar-refractivity contribution in [2.24, 2.45) is 11.7 Å². The molecule has 1 aromatic heterocycles. The third-order valence-electron chi connectivity index (χ3n) is 5.03. The van der Waals surface area contributed by atoms with Crippen LogP contribution in [0.3, 0.4) is 0 Å². The Morgan fingerprint density at radius 2 is 1.88 bits per heavy atom. The molecule has 3 aromatic rings. The van der Waals surface area contributed by atoms with E-state index in [0.29, 0.717) is 11.5 Å². The van der Waals surface area contributed by atoms with Crippen LogP contribution in [0.25, 0.3) is 11.0 Å². The Morgan fingerprint density at radius 1 is 1.12 bits per heavy atom. The largest absolute Gasteiger partial charge is 0.369 e. The lowest BCUT2D eigenvalue weighted by Crippen LogP contribution is -2.36. The Morgan fingerprint density at radius 3 is 2.60 bits per heavy atom. The van der Waals surface area contributed by atoms with E-state index in [9.17, 15) is 4.79 Å². The fourth-order valence-corrected chi connectivity index (χ4v) is 3.73. The molecule has 2 aromatic carbocycles. The van der Waals surface area contributed by atoms with Crippen molar-refractivity contribution in [2.75, 3.05) is 18.0 Å². The summed E-state index contributed by atoms with van der Waals surface area (Å²) in [6, 6.07) is 14.1. The third kappa shape index (κ3) is 3.07. The van der Waals surface area contributed by atoms with Crippen molar-refractivity contribution in [1.29, 1.82) is 0 Å². The van der Waals surface area contributed by atoms with Gasteiger partial charge in [-0.2, -0.15) is 15.4 Å². The molecule has 4 rings (SSSR count). The first-order valence-corrected chi connectivity index (χ1v) is 8.64. The Hall–Kier alpha value is -2.89. The van der Waals surface area contributed by atoms with Crippen molar-refractivity contribution in [3.8, 4) is 0 Å². The van der Waals surface area contributed by atoms with Gasteiger partial charge in [0.05, 0.1) is 11.3 Å². The summed E-state index contributed by atoms with van der Waals surface area (Å²) in [6.45, 7) is 1.79. The minimum atomic E-state index is -0.425.